The summed E-state index contributed by atoms with van der Waals surface area (Å²) in [5.41, 5.74) is 13.2. The lowest BCUT2D eigenvalue weighted by atomic mass is 9.95. The molecule has 3 rings (SSSR count). The van der Waals surface area contributed by atoms with Crippen LogP contribution in [0.2, 0.25) is 0 Å². The number of benzene rings is 2. The van der Waals surface area contributed by atoms with Crippen molar-refractivity contribution in [3.63, 3.8) is 0 Å². The normalized spacial score (nSPS) is 12.8. The minimum atomic E-state index is -1.35. The quantitative estimate of drug-likeness (QED) is 0.0467. The van der Waals surface area contributed by atoms with Crippen LogP contribution in [0.15, 0.2) is 47.0 Å². The summed E-state index contributed by atoms with van der Waals surface area (Å²) >= 11 is 0. The Labute approximate surface area is 321 Å². The minimum absolute atomic E-state index is 0.0173. The number of amides is 4. The van der Waals surface area contributed by atoms with E-state index in [9.17, 15) is 24.3 Å². The second kappa shape index (κ2) is 21.1. The van der Waals surface area contributed by atoms with Crippen molar-refractivity contribution >= 4 is 30.0 Å². The molecule has 0 radical (unpaired) electrons. The van der Waals surface area contributed by atoms with Crippen molar-refractivity contribution in [1.82, 2.24) is 31.4 Å². The molecule has 2 aromatic carbocycles. The van der Waals surface area contributed by atoms with E-state index in [1.165, 1.54) is 0 Å². The van der Waals surface area contributed by atoms with Gasteiger partial charge in [0.25, 0.3) is 5.91 Å². The summed E-state index contributed by atoms with van der Waals surface area (Å²) in [5.74, 6) is -0.925. The van der Waals surface area contributed by atoms with E-state index in [-0.39, 0.29) is 43.4 Å². The number of unbranched alkanes of at least 4 members (excludes halogenated alkanes) is 1. The fourth-order valence-electron chi connectivity index (χ4n) is 5.78. The van der Waals surface area contributed by atoms with E-state index in [0.29, 0.717) is 61.2 Å². The number of nitrogens with zero attached hydrogens (tertiary/aromatic N) is 2. The lowest BCUT2D eigenvalue weighted by Crippen LogP contribution is -2.52. The molecule has 3 atom stereocenters. The van der Waals surface area contributed by atoms with Crippen LogP contribution in [0.25, 0.3) is 0 Å². The fourth-order valence-corrected chi connectivity index (χ4v) is 5.78. The van der Waals surface area contributed by atoms with Crippen LogP contribution in [0.1, 0.15) is 92.9 Å². The Bertz CT molecular complexity index is 1720. The van der Waals surface area contributed by atoms with Crippen molar-refractivity contribution in [3.8, 4) is 5.75 Å². The SMILES string of the molecule is Cc1cc(O)cc(C)c1CC(NC(=O)C(CCCNC(=N)N)OC(N)=O)C(=O)NC(CCCCNC(=O)OC(C)(C)C)c1nc(CCc2ccccc2)no1. The highest BCUT2D eigenvalue weighted by atomic mass is 16.6. The van der Waals surface area contributed by atoms with Gasteiger partial charge in [0.05, 0.1) is 0 Å². The zero-order valence-corrected chi connectivity index (χ0v) is 32.2. The number of aromatic hydroxyl groups is 1. The van der Waals surface area contributed by atoms with Gasteiger partial charge in [0.2, 0.25) is 11.8 Å². The van der Waals surface area contributed by atoms with Crippen LogP contribution < -0.4 is 32.7 Å². The Morgan fingerprint density at radius 2 is 1.58 bits per heavy atom. The van der Waals surface area contributed by atoms with Crippen molar-refractivity contribution in [1.29, 1.82) is 5.41 Å². The van der Waals surface area contributed by atoms with Gasteiger partial charge in [0, 0.05) is 25.9 Å². The van der Waals surface area contributed by atoms with Gasteiger partial charge < -0.3 is 51.8 Å². The number of guanidine groups is 1. The predicted octanol–water partition coefficient (Wildman–Crippen LogP) is 3.48. The number of rotatable bonds is 20. The maximum absolute atomic E-state index is 14.2. The number of hydrogen-bond donors (Lipinski definition) is 8. The van der Waals surface area contributed by atoms with Gasteiger partial charge in [0.15, 0.2) is 17.9 Å². The van der Waals surface area contributed by atoms with Gasteiger partial charge in [-0.1, -0.05) is 35.5 Å². The summed E-state index contributed by atoms with van der Waals surface area (Å²) in [7, 11) is 0. The molecule has 0 aliphatic rings. The molecule has 3 unspecified atom stereocenters. The molecule has 0 fully saturated rings. The second-order valence-corrected chi connectivity index (χ2v) is 14.3. The summed E-state index contributed by atoms with van der Waals surface area (Å²) in [4.78, 5) is 56.4. The number of primary amides is 1. The lowest BCUT2D eigenvalue weighted by Gasteiger charge is -2.25. The second-order valence-electron chi connectivity index (χ2n) is 14.3. The average Bonchev–Trinajstić information content (AvgIpc) is 3.57. The number of phenolic OH excluding ortho intramolecular Hbond substituents is 1. The molecule has 4 amide bonds. The highest BCUT2D eigenvalue weighted by Gasteiger charge is 2.31. The van der Waals surface area contributed by atoms with Crippen molar-refractivity contribution in [2.45, 2.75) is 110 Å². The first kappa shape index (κ1) is 43.5. The van der Waals surface area contributed by atoms with E-state index in [0.717, 1.165) is 5.56 Å². The van der Waals surface area contributed by atoms with Gasteiger partial charge in [-0.05, 0) is 108 Å². The number of nitrogens with two attached hydrogens (primary N) is 2. The number of nitrogens with one attached hydrogen (secondary N) is 5. The maximum Gasteiger partial charge on any atom is 0.407 e. The first-order chi connectivity index (χ1) is 26.0. The zero-order valence-electron chi connectivity index (χ0n) is 32.2. The van der Waals surface area contributed by atoms with Crippen LogP contribution in [0.4, 0.5) is 9.59 Å². The summed E-state index contributed by atoms with van der Waals surface area (Å²) in [5, 5.41) is 32.7. The van der Waals surface area contributed by atoms with Gasteiger partial charge in [0.1, 0.15) is 23.4 Å². The van der Waals surface area contributed by atoms with Crippen molar-refractivity contribution in [2.24, 2.45) is 11.5 Å². The third-order valence-electron chi connectivity index (χ3n) is 8.40. The Kier molecular flexibility index (Phi) is 16.7. The molecule has 55 heavy (non-hydrogen) atoms. The number of ether oxygens (including phenoxy) is 2. The van der Waals surface area contributed by atoms with Crippen LogP contribution in [0.3, 0.4) is 0 Å². The number of phenols is 1. The van der Waals surface area contributed by atoms with Crippen LogP contribution in [-0.2, 0) is 38.3 Å². The third-order valence-corrected chi connectivity index (χ3v) is 8.40. The largest absolute Gasteiger partial charge is 0.508 e. The highest BCUT2D eigenvalue weighted by molar-refractivity contribution is 5.90. The van der Waals surface area contributed by atoms with E-state index in [2.05, 4.69) is 31.4 Å². The number of carbonyl (C=O) groups is 4. The summed E-state index contributed by atoms with van der Waals surface area (Å²) in [6.07, 6.45) is -0.159. The molecular formula is C38H55N9O8. The molecule has 1 heterocycles. The van der Waals surface area contributed by atoms with Crippen LogP contribution in [0, 0.1) is 19.3 Å². The average molecular weight is 766 g/mol. The molecule has 1 aromatic heterocycles. The maximum atomic E-state index is 14.2. The molecule has 0 spiro atoms. The zero-order chi connectivity index (χ0) is 40.5. The van der Waals surface area contributed by atoms with Crippen LogP contribution >= 0.6 is 0 Å². The van der Waals surface area contributed by atoms with Crippen molar-refractivity contribution in [3.05, 3.63) is 76.4 Å². The number of alkyl carbamates (subject to hydrolysis) is 1. The topological polar surface area (TPSA) is 270 Å². The van der Waals surface area contributed by atoms with E-state index in [1.54, 1.807) is 46.8 Å². The van der Waals surface area contributed by atoms with E-state index < -0.39 is 47.8 Å². The first-order valence-corrected chi connectivity index (χ1v) is 18.3. The van der Waals surface area contributed by atoms with Gasteiger partial charge in [-0.2, -0.15) is 4.98 Å². The monoisotopic (exact) mass is 765 g/mol. The van der Waals surface area contributed by atoms with Crippen LogP contribution in [-0.4, -0.2) is 76.0 Å². The molecule has 10 N–H and O–H groups in total. The molecule has 3 aromatic rings. The molecule has 17 nitrogen and oxygen atoms in total. The Hall–Kier alpha value is -5.87. The van der Waals surface area contributed by atoms with Gasteiger partial charge >= 0.3 is 12.2 Å². The molecule has 0 saturated heterocycles. The minimum Gasteiger partial charge on any atom is -0.508 e. The highest BCUT2D eigenvalue weighted by Crippen LogP contribution is 2.24. The molecule has 0 saturated carbocycles. The molecule has 17 heteroatoms. The smallest absolute Gasteiger partial charge is 0.407 e. The Morgan fingerprint density at radius 1 is 0.909 bits per heavy atom. The molecule has 300 valence electrons. The molecule has 0 bridgehead atoms. The number of aromatic nitrogens is 2. The standard InChI is InChI=1S/C38H55N9O8/c1-23-20-26(48)21-24(2)27(23)22-29(45-33(50)30(53-36(41)51)15-11-19-42-35(39)40)32(49)44-28(14-9-10-18-43-37(52)54-38(3,4)5)34-46-31(47-55-34)17-16-25-12-7-6-8-13-25/h6-8,12-13,20-21,28-30,48H,9-11,14-19,22H2,1-5H3,(H2,41,51)(H,43,52)(H,44,49)(H,45,50)(H4,39,40,42). The Balaban J connectivity index is 1.85. The summed E-state index contributed by atoms with van der Waals surface area (Å²) in [6.45, 7) is 9.44. The summed E-state index contributed by atoms with van der Waals surface area (Å²) in [6, 6.07) is 11.0. The van der Waals surface area contributed by atoms with Gasteiger partial charge in [-0.3, -0.25) is 15.0 Å². The van der Waals surface area contributed by atoms with Crippen molar-refractivity contribution < 1.29 is 38.3 Å². The summed E-state index contributed by atoms with van der Waals surface area (Å²) < 4.78 is 16.1. The third kappa shape index (κ3) is 16.0. The van der Waals surface area contributed by atoms with Crippen LogP contribution in [0.5, 0.6) is 5.75 Å². The van der Waals surface area contributed by atoms with Crippen molar-refractivity contribution in [2.75, 3.05) is 13.1 Å². The molecular weight excluding hydrogens is 710 g/mol. The first-order valence-electron chi connectivity index (χ1n) is 18.3. The number of hydrogen-bond acceptors (Lipinski definition) is 11. The predicted molar refractivity (Wildman–Crippen MR) is 204 cm³/mol. The lowest BCUT2D eigenvalue weighted by molar-refractivity contribution is -0.134. The van der Waals surface area contributed by atoms with E-state index in [4.69, 9.17) is 30.9 Å². The van der Waals surface area contributed by atoms with E-state index >= 15 is 0 Å². The molecule has 0 aliphatic carbocycles. The number of aryl methyl sites for hydroxylation is 4. The van der Waals surface area contributed by atoms with Gasteiger partial charge in [-0.15, -0.1) is 0 Å². The van der Waals surface area contributed by atoms with Gasteiger partial charge in [-0.25, -0.2) is 9.59 Å². The molecule has 0 aliphatic heterocycles. The van der Waals surface area contributed by atoms with E-state index in [1.807, 2.05) is 30.3 Å². The Morgan fingerprint density at radius 3 is 2.22 bits per heavy atom. The number of carbonyl (C=O) groups excluding carboxylic acids is 4. The fraction of sp³-hybridized carbons (Fsp3) is 0.500.